The summed E-state index contributed by atoms with van der Waals surface area (Å²) in [6.07, 6.45) is 3.94. The zero-order valence-corrected chi connectivity index (χ0v) is 12.7. The largest absolute Gasteiger partial charge is 0.495 e. The Labute approximate surface area is 118 Å². The van der Waals surface area contributed by atoms with E-state index in [1.54, 1.807) is 7.11 Å². The highest BCUT2D eigenvalue weighted by Crippen LogP contribution is 2.28. The third kappa shape index (κ3) is 3.39. The number of rotatable bonds is 4. The van der Waals surface area contributed by atoms with Crippen molar-refractivity contribution in [3.05, 3.63) is 22.7 Å². The van der Waals surface area contributed by atoms with Crippen LogP contribution in [-0.2, 0) is 0 Å². The first-order chi connectivity index (χ1) is 8.70. The Hall–Kier alpha value is -0.740. The predicted molar refractivity (Wildman–Crippen MR) is 79.5 cm³/mol. The van der Waals surface area contributed by atoms with Gasteiger partial charge in [-0.2, -0.15) is 0 Å². The molecule has 2 rings (SSSR count). The summed E-state index contributed by atoms with van der Waals surface area (Å²) in [6.45, 7) is 2.19. The van der Waals surface area contributed by atoms with Gasteiger partial charge in [0.2, 0.25) is 0 Å². The van der Waals surface area contributed by atoms with Gasteiger partial charge in [0, 0.05) is 17.1 Å². The zero-order chi connectivity index (χ0) is 13.0. The molecule has 1 aliphatic heterocycles. The van der Waals surface area contributed by atoms with Gasteiger partial charge in [-0.05, 0) is 44.6 Å². The van der Waals surface area contributed by atoms with Crippen LogP contribution in [0.25, 0.3) is 0 Å². The van der Waals surface area contributed by atoms with E-state index in [1.807, 2.05) is 12.1 Å². The Kier molecular flexibility index (Phi) is 4.89. The van der Waals surface area contributed by atoms with Crippen LogP contribution in [0.5, 0.6) is 5.75 Å². The Bertz CT molecular complexity index is 397. The normalized spacial score (nSPS) is 20.7. The van der Waals surface area contributed by atoms with Crippen LogP contribution in [-0.4, -0.2) is 38.2 Å². The number of benzene rings is 1. The molecule has 0 bridgehead atoms. The number of ether oxygens (including phenoxy) is 1. The van der Waals surface area contributed by atoms with E-state index >= 15 is 0 Å². The van der Waals surface area contributed by atoms with E-state index < -0.39 is 0 Å². The van der Waals surface area contributed by atoms with Crippen LogP contribution >= 0.6 is 15.9 Å². The van der Waals surface area contributed by atoms with E-state index in [-0.39, 0.29) is 0 Å². The molecule has 1 saturated heterocycles. The number of hydrogen-bond donors (Lipinski definition) is 1. The van der Waals surface area contributed by atoms with Gasteiger partial charge >= 0.3 is 0 Å². The molecule has 1 aromatic carbocycles. The molecule has 1 aliphatic rings. The summed E-state index contributed by atoms with van der Waals surface area (Å²) >= 11 is 3.50. The summed E-state index contributed by atoms with van der Waals surface area (Å²) in [6, 6.07) is 6.68. The number of hydrogen-bond acceptors (Lipinski definition) is 3. The van der Waals surface area contributed by atoms with Gasteiger partial charge in [0.25, 0.3) is 0 Å². The van der Waals surface area contributed by atoms with Gasteiger partial charge in [0.15, 0.2) is 0 Å². The molecule has 4 heteroatoms. The second-order valence-electron chi connectivity index (χ2n) is 4.86. The number of nitrogens with one attached hydrogen (secondary N) is 1. The van der Waals surface area contributed by atoms with Crippen LogP contribution in [0.15, 0.2) is 22.7 Å². The Morgan fingerprint density at radius 3 is 3.00 bits per heavy atom. The summed E-state index contributed by atoms with van der Waals surface area (Å²) in [5, 5.41) is 3.51. The second-order valence-corrected chi connectivity index (χ2v) is 5.77. The first kappa shape index (κ1) is 13.7. The minimum atomic E-state index is 0.627. The van der Waals surface area contributed by atoms with Crippen LogP contribution < -0.4 is 10.1 Å². The molecule has 18 heavy (non-hydrogen) atoms. The third-order valence-electron chi connectivity index (χ3n) is 3.61. The van der Waals surface area contributed by atoms with Crippen molar-refractivity contribution in [2.45, 2.75) is 25.3 Å². The van der Waals surface area contributed by atoms with Gasteiger partial charge in [0.05, 0.1) is 12.8 Å². The summed E-state index contributed by atoms with van der Waals surface area (Å²) in [4.78, 5) is 2.45. The molecule has 3 nitrogen and oxygen atoms in total. The van der Waals surface area contributed by atoms with Crippen LogP contribution in [0.1, 0.15) is 19.3 Å². The maximum atomic E-state index is 5.37. The Morgan fingerprint density at radius 1 is 1.44 bits per heavy atom. The molecule has 0 radical (unpaired) electrons. The third-order valence-corrected chi connectivity index (χ3v) is 4.10. The van der Waals surface area contributed by atoms with E-state index in [4.69, 9.17) is 4.74 Å². The molecule has 0 amide bonds. The van der Waals surface area contributed by atoms with Gasteiger partial charge in [-0.25, -0.2) is 0 Å². The Morgan fingerprint density at radius 2 is 2.28 bits per heavy atom. The van der Waals surface area contributed by atoms with E-state index in [0.29, 0.717) is 6.04 Å². The molecular weight excluding hydrogens is 292 g/mol. The molecule has 0 aliphatic carbocycles. The van der Waals surface area contributed by atoms with Gasteiger partial charge in [-0.15, -0.1) is 0 Å². The highest BCUT2D eigenvalue weighted by Gasteiger charge is 2.18. The molecule has 1 fully saturated rings. The van der Waals surface area contributed by atoms with Crippen molar-refractivity contribution in [3.63, 3.8) is 0 Å². The molecule has 0 spiro atoms. The van der Waals surface area contributed by atoms with Crippen LogP contribution in [0.3, 0.4) is 0 Å². The molecule has 1 heterocycles. The van der Waals surface area contributed by atoms with E-state index in [9.17, 15) is 0 Å². The van der Waals surface area contributed by atoms with Crippen molar-refractivity contribution in [3.8, 4) is 5.75 Å². The summed E-state index contributed by atoms with van der Waals surface area (Å²) in [5.74, 6) is 0.900. The predicted octanol–water partition coefficient (Wildman–Crippen LogP) is 3.35. The molecule has 1 aromatic rings. The number of likely N-dealkylation sites (N-methyl/N-ethyl adjacent to an activating group) is 1. The molecule has 0 aromatic heterocycles. The lowest BCUT2D eigenvalue weighted by atomic mass is 10.0. The van der Waals surface area contributed by atoms with Crippen molar-refractivity contribution in [2.75, 3.05) is 32.6 Å². The van der Waals surface area contributed by atoms with E-state index in [1.165, 1.54) is 25.8 Å². The number of nitrogens with zero attached hydrogens (tertiary/aromatic N) is 1. The molecule has 1 atom stereocenters. The highest BCUT2D eigenvalue weighted by molar-refractivity contribution is 9.10. The van der Waals surface area contributed by atoms with Gasteiger partial charge in [-0.3, -0.25) is 0 Å². The van der Waals surface area contributed by atoms with Crippen LogP contribution in [0, 0.1) is 0 Å². The lowest BCUT2D eigenvalue weighted by Crippen LogP contribution is -2.40. The highest BCUT2D eigenvalue weighted by atomic mass is 79.9. The minimum absolute atomic E-state index is 0.627. The van der Waals surface area contributed by atoms with Gasteiger partial charge in [-0.1, -0.05) is 22.4 Å². The standard InChI is InChI=1S/C14H21BrN2O/c1-17-8-4-3-5-12(17)10-16-13-9-11(15)6-7-14(13)18-2/h6-7,9,12,16H,3-5,8,10H2,1-2H3. The average molecular weight is 313 g/mol. The topological polar surface area (TPSA) is 24.5 Å². The average Bonchev–Trinajstić information content (AvgIpc) is 2.38. The smallest absolute Gasteiger partial charge is 0.142 e. The lowest BCUT2D eigenvalue weighted by molar-refractivity contribution is 0.194. The number of methoxy groups -OCH3 is 1. The van der Waals surface area contributed by atoms with Crippen molar-refractivity contribution in [1.29, 1.82) is 0 Å². The fourth-order valence-electron chi connectivity index (χ4n) is 2.45. The van der Waals surface area contributed by atoms with Gasteiger partial charge < -0.3 is 15.0 Å². The van der Waals surface area contributed by atoms with Crippen molar-refractivity contribution in [1.82, 2.24) is 4.90 Å². The monoisotopic (exact) mass is 312 g/mol. The first-order valence-corrected chi connectivity index (χ1v) is 7.27. The molecule has 1 unspecified atom stereocenters. The fourth-order valence-corrected chi connectivity index (χ4v) is 2.81. The fraction of sp³-hybridized carbons (Fsp3) is 0.571. The van der Waals surface area contributed by atoms with Crippen LogP contribution in [0.4, 0.5) is 5.69 Å². The molecule has 100 valence electrons. The van der Waals surface area contributed by atoms with Crippen molar-refractivity contribution >= 4 is 21.6 Å². The second kappa shape index (κ2) is 6.43. The SMILES string of the molecule is COc1ccc(Br)cc1NCC1CCCCN1C. The van der Waals surface area contributed by atoms with Crippen molar-refractivity contribution in [2.24, 2.45) is 0 Å². The Balaban J connectivity index is 1.98. The van der Waals surface area contributed by atoms with Crippen molar-refractivity contribution < 1.29 is 4.74 Å². The summed E-state index contributed by atoms with van der Waals surface area (Å²) < 4.78 is 6.44. The van der Waals surface area contributed by atoms with E-state index in [2.05, 4.69) is 39.3 Å². The maximum absolute atomic E-state index is 5.37. The minimum Gasteiger partial charge on any atom is -0.495 e. The maximum Gasteiger partial charge on any atom is 0.142 e. The number of likely N-dealkylation sites (tertiary alicyclic amines) is 1. The zero-order valence-electron chi connectivity index (χ0n) is 11.1. The van der Waals surface area contributed by atoms with Gasteiger partial charge in [0.1, 0.15) is 5.75 Å². The number of piperidine rings is 1. The summed E-state index contributed by atoms with van der Waals surface area (Å²) in [7, 11) is 3.92. The molecule has 0 saturated carbocycles. The molecule has 1 N–H and O–H groups in total. The number of anilines is 1. The summed E-state index contributed by atoms with van der Waals surface area (Å²) in [5.41, 5.74) is 1.06. The van der Waals surface area contributed by atoms with Crippen LogP contribution in [0.2, 0.25) is 0 Å². The first-order valence-electron chi connectivity index (χ1n) is 6.48. The molecular formula is C14H21BrN2O. The number of halogens is 1. The quantitative estimate of drug-likeness (QED) is 0.922. The lowest BCUT2D eigenvalue weighted by Gasteiger charge is -2.32. The van der Waals surface area contributed by atoms with E-state index in [0.717, 1.165) is 22.5 Å².